The van der Waals surface area contributed by atoms with Gasteiger partial charge in [0.2, 0.25) is 0 Å². The van der Waals surface area contributed by atoms with E-state index in [1.165, 1.54) is 24.1 Å². The minimum atomic E-state index is -4.33. The van der Waals surface area contributed by atoms with E-state index in [0.29, 0.717) is 10.9 Å². The van der Waals surface area contributed by atoms with Crippen LogP contribution < -0.4 is 5.73 Å². The van der Waals surface area contributed by atoms with Crippen molar-refractivity contribution in [3.8, 4) is 0 Å². The van der Waals surface area contributed by atoms with Crippen molar-refractivity contribution in [2.45, 2.75) is 52.8 Å². The molecule has 1 aliphatic rings. The first-order valence-electron chi connectivity index (χ1n) is 9.39. The van der Waals surface area contributed by atoms with E-state index < -0.39 is 11.9 Å². The van der Waals surface area contributed by atoms with Crippen molar-refractivity contribution in [2.75, 3.05) is 5.75 Å². The van der Waals surface area contributed by atoms with Gasteiger partial charge in [-0.15, -0.1) is 0 Å². The Morgan fingerprint density at radius 3 is 2.30 bits per heavy atom. The molecule has 1 aromatic carbocycles. The zero-order chi connectivity index (χ0) is 22.9. The summed E-state index contributed by atoms with van der Waals surface area (Å²) < 4.78 is 36.1. The van der Waals surface area contributed by atoms with Gasteiger partial charge in [-0.25, -0.2) is 4.98 Å². The lowest BCUT2D eigenvalue weighted by Crippen LogP contribution is -2.28. The number of aryl methyl sites for hydroxylation is 3. The molecule has 3 rings (SSSR count). The SMILES string of the molecule is CC=O.Cc1ccc(C(F)(F)F)nc1C.Cc1cccc(C2(C)CCSC(N)=N2)c1. The first kappa shape index (κ1) is 25.7. The molecule has 1 atom stereocenters. The number of rotatable bonds is 1. The van der Waals surface area contributed by atoms with E-state index in [4.69, 9.17) is 10.5 Å². The molecule has 0 amide bonds. The van der Waals surface area contributed by atoms with Gasteiger partial charge in [-0.2, -0.15) is 13.2 Å². The van der Waals surface area contributed by atoms with Crippen molar-refractivity contribution >= 4 is 23.2 Å². The van der Waals surface area contributed by atoms with Crippen molar-refractivity contribution in [1.82, 2.24) is 4.98 Å². The van der Waals surface area contributed by atoms with Crippen LogP contribution in [0.3, 0.4) is 0 Å². The summed E-state index contributed by atoms with van der Waals surface area (Å²) in [6.07, 6.45) is -2.53. The first-order chi connectivity index (χ1) is 13.9. The molecule has 0 saturated heterocycles. The predicted molar refractivity (Wildman–Crippen MR) is 118 cm³/mol. The van der Waals surface area contributed by atoms with E-state index in [2.05, 4.69) is 48.1 Å². The highest BCUT2D eigenvalue weighted by Crippen LogP contribution is 2.35. The van der Waals surface area contributed by atoms with Crippen LogP contribution in [0, 0.1) is 20.8 Å². The van der Waals surface area contributed by atoms with Gasteiger partial charge < -0.3 is 10.5 Å². The lowest BCUT2D eigenvalue weighted by Gasteiger charge is -2.29. The van der Waals surface area contributed by atoms with Gasteiger partial charge in [-0.3, -0.25) is 4.99 Å². The van der Waals surface area contributed by atoms with Gasteiger partial charge in [0.1, 0.15) is 12.0 Å². The smallest absolute Gasteiger partial charge is 0.379 e. The lowest BCUT2D eigenvalue weighted by atomic mass is 9.89. The minimum Gasteiger partial charge on any atom is -0.379 e. The molecular weight excluding hydrogens is 411 g/mol. The molecule has 0 spiro atoms. The number of carbonyl (C=O) groups is 1. The molecule has 0 aliphatic carbocycles. The summed E-state index contributed by atoms with van der Waals surface area (Å²) in [4.78, 5) is 16.8. The molecule has 30 heavy (non-hydrogen) atoms. The topological polar surface area (TPSA) is 68.3 Å². The summed E-state index contributed by atoms with van der Waals surface area (Å²) in [5.41, 5.74) is 8.58. The second-order valence-corrected chi connectivity index (χ2v) is 8.14. The van der Waals surface area contributed by atoms with E-state index in [1.807, 2.05) is 0 Å². The average Bonchev–Trinajstić information content (AvgIpc) is 2.64. The summed E-state index contributed by atoms with van der Waals surface area (Å²) in [7, 11) is 0. The van der Waals surface area contributed by atoms with Gasteiger partial charge >= 0.3 is 6.18 Å². The summed E-state index contributed by atoms with van der Waals surface area (Å²) in [6.45, 7) is 9.00. The fraction of sp³-hybridized carbons (Fsp3) is 0.409. The maximum absolute atomic E-state index is 12.0. The quantitative estimate of drug-likeness (QED) is 0.589. The molecule has 2 N–H and O–H groups in total. The monoisotopic (exact) mass is 439 g/mol. The number of nitrogens with two attached hydrogens (primary N) is 1. The van der Waals surface area contributed by atoms with E-state index >= 15 is 0 Å². The van der Waals surface area contributed by atoms with E-state index in [-0.39, 0.29) is 5.54 Å². The van der Waals surface area contributed by atoms with Crippen LogP contribution in [0.4, 0.5) is 13.2 Å². The standard InChI is InChI=1S/C12H16N2S.C8H8F3N.C2H4O/c1-9-4-3-5-10(8-9)12(2)6-7-15-11(13)14-12;1-5-3-4-7(8(9,10)11)12-6(5)2;1-2-3/h3-5,8H,6-7H2,1-2H3,(H2,13,14);3-4H,1-2H3;2H,1H3. The van der Waals surface area contributed by atoms with E-state index in [1.54, 1.807) is 25.6 Å². The number of halogens is 3. The molecule has 0 saturated carbocycles. The molecule has 1 aromatic heterocycles. The molecule has 1 unspecified atom stereocenters. The Labute approximate surface area is 180 Å². The minimum absolute atomic E-state index is 0.124. The largest absolute Gasteiger partial charge is 0.433 e. The second kappa shape index (κ2) is 11.2. The number of amidine groups is 1. The van der Waals surface area contributed by atoms with Gasteiger partial charge in [0.05, 0.1) is 5.54 Å². The number of nitrogens with zero attached hydrogens (tertiary/aromatic N) is 2. The van der Waals surface area contributed by atoms with E-state index in [0.717, 1.165) is 30.1 Å². The van der Waals surface area contributed by atoms with Gasteiger partial charge in [0.15, 0.2) is 5.17 Å². The Morgan fingerprint density at radius 2 is 1.80 bits per heavy atom. The highest BCUT2D eigenvalue weighted by atomic mass is 32.2. The molecule has 4 nitrogen and oxygen atoms in total. The molecule has 2 heterocycles. The third-order valence-corrected chi connectivity index (χ3v) is 5.27. The third-order valence-electron chi connectivity index (χ3n) is 4.48. The summed E-state index contributed by atoms with van der Waals surface area (Å²) in [5.74, 6) is 1.06. The van der Waals surface area contributed by atoms with Crippen molar-refractivity contribution < 1.29 is 18.0 Å². The molecule has 0 radical (unpaired) electrons. The number of thioether (sulfide) groups is 1. The second-order valence-electron chi connectivity index (χ2n) is 7.02. The molecule has 0 bridgehead atoms. The number of aliphatic imine (C=N–C) groups is 1. The van der Waals surface area contributed by atoms with Gasteiger partial charge in [-0.05, 0) is 58.2 Å². The number of hydrogen-bond donors (Lipinski definition) is 1. The molecule has 164 valence electrons. The number of aromatic nitrogens is 1. The van der Waals surface area contributed by atoms with Gasteiger partial charge in [0.25, 0.3) is 0 Å². The fourth-order valence-corrected chi connectivity index (χ4v) is 3.64. The van der Waals surface area contributed by atoms with Gasteiger partial charge in [0, 0.05) is 11.4 Å². The fourth-order valence-electron chi connectivity index (χ4n) is 2.66. The van der Waals surface area contributed by atoms with Gasteiger partial charge in [-0.1, -0.05) is 47.7 Å². The third kappa shape index (κ3) is 7.82. The summed E-state index contributed by atoms with van der Waals surface area (Å²) in [5, 5.41) is 0.713. The van der Waals surface area contributed by atoms with Crippen molar-refractivity contribution in [2.24, 2.45) is 10.7 Å². The summed E-state index contributed by atoms with van der Waals surface area (Å²) in [6, 6.07) is 10.9. The Kier molecular flexibility index (Phi) is 9.55. The van der Waals surface area contributed by atoms with Crippen LogP contribution in [0.25, 0.3) is 0 Å². The molecule has 0 fully saturated rings. The van der Waals surface area contributed by atoms with Crippen molar-refractivity contribution in [1.29, 1.82) is 0 Å². The predicted octanol–water partition coefficient (Wildman–Crippen LogP) is 5.58. The van der Waals surface area contributed by atoms with Crippen LogP contribution in [-0.4, -0.2) is 22.2 Å². The zero-order valence-electron chi connectivity index (χ0n) is 17.9. The maximum Gasteiger partial charge on any atom is 0.433 e. The number of alkyl halides is 3. The lowest BCUT2D eigenvalue weighted by molar-refractivity contribution is -0.141. The summed E-state index contributed by atoms with van der Waals surface area (Å²) >= 11 is 1.65. The van der Waals surface area contributed by atoms with Crippen molar-refractivity contribution in [3.63, 3.8) is 0 Å². The highest BCUT2D eigenvalue weighted by Gasteiger charge is 2.32. The van der Waals surface area contributed by atoms with Crippen LogP contribution in [0.5, 0.6) is 0 Å². The van der Waals surface area contributed by atoms with Crippen LogP contribution in [0.15, 0.2) is 41.4 Å². The average molecular weight is 440 g/mol. The van der Waals surface area contributed by atoms with Crippen LogP contribution in [0.1, 0.15) is 48.3 Å². The van der Waals surface area contributed by atoms with Crippen LogP contribution in [-0.2, 0) is 16.5 Å². The Morgan fingerprint density at radius 1 is 1.17 bits per heavy atom. The number of carbonyl (C=O) groups excluding carboxylic acids is 1. The molecule has 8 heteroatoms. The highest BCUT2D eigenvalue weighted by molar-refractivity contribution is 8.13. The number of benzene rings is 1. The normalized spacial score (nSPS) is 18.2. The van der Waals surface area contributed by atoms with E-state index in [9.17, 15) is 13.2 Å². The molecule has 2 aromatic rings. The zero-order valence-corrected chi connectivity index (χ0v) is 18.7. The maximum atomic E-state index is 12.0. The molecule has 1 aliphatic heterocycles. The van der Waals surface area contributed by atoms with Crippen LogP contribution >= 0.6 is 11.8 Å². The number of pyridine rings is 1. The molecular formula is C22H28F3N3OS. The number of aldehydes is 1. The van der Waals surface area contributed by atoms with Crippen LogP contribution in [0.2, 0.25) is 0 Å². The Bertz CT molecular complexity index is 884. The Hall–Kier alpha value is -2.35. The number of hydrogen-bond acceptors (Lipinski definition) is 5. The van der Waals surface area contributed by atoms with Crippen molar-refractivity contribution in [3.05, 3.63) is 64.5 Å². The Balaban J connectivity index is 0.000000271. The first-order valence-corrected chi connectivity index (χ1v) is 10.4.